The number of amides is 2. The summed E-state index contributed by atoms with van der Waals surface area (Å²) in [5.74, 6) is 3.75. The molecule has 0 unspecified atom stereocenters. The molecular formula is C22H22N6O2S. The molecule has 8 nitrogen and oxygen atoms in total. The average Bonchev–Trinajstić information content (AvgIpc) is 3.50. The molecule has 0 aromatic carbocycles. The van der Waals surface area contributed by atoms with Crippen LogP contribution in [0.4, 0.5) is 16.4 Å². The number of carbonyl (C=O) groups excluding carboxylic acids is 1. The topological polar surface area (TPSA) is 103 Å². The number of pyridine rings is 2. The smallest absolute Gasteiger partial charge is 0.321 e. The number of hydrogen-bond acceptors (Lipinski definition) is 7. The summed E-state index contributed by atoms with van der Waals surface area (Å²) in [7, 11) is 0. The van der Waals surface area contributed by atoms with Crippen LogP contribution in [0.3, 0.4) is 0 Å². The highest BCUT2D eigenvalue weighted by atomic mass is 32.1. The van der Waals surface area contributed by atoms with E-state index in [-0.39, 0.29) is 6.61 Å². The number of nitrogens with zero attached hydrogens (tertiary/aromatic N) is 4. The van der Waals surface area contributed by atoms with Gasteiger partial charge in [-0.2, -0.15) is 0 Å². The van der Waals surface area contributed by atoms with Crippen molar-refractivity contribution in [1.29, 1.82) is 0 Å². The lowest BCUT2D eigenvalue weighted by molar-refractivity contribution is 0.224. The number of hydrogen-bond donors (Lipinski definition) is 3. The van der Waals surface area contributed by atoms with Crippen LogP contribution in [0.1, 0.15) is 29.6 Å². The van der Waals surface area contributed by atoms with Crippen LogP contribution in [0.5, 0.6) is 0 Å². The maximum atomic E-state index is 12.2. The van der Waals surface area contributed by atoms with Gasteiger partial charge in [0.25, 0.3) is 0 Å². The third-order valence-electron chi connectivity index (χ3n) is 4.96. The fourth-order valence-electron chi connectivity index (χ4n) is 3.39. The van der Waals surface area contributed by atoms with Crippen molar-refractivity contribution < 1.29 is 9.90 Å². The minimum atomic E-state index is -0.663. The molecule has 0 radical (unpaired) electrons. The van der Waals surface area contributed by atoms with Gasteiger partial charge >= 0.3 is 6.03 Å². The number of aliphatic hydroxyl groups excluding tert-OH is 1. The van der Waals surface area contributed by atoms with Gasteiger partial charge in [-0.1, -0.05) is 6.07 Å². The molecule has 1 aliphatic heterocycles. The lowest BCUT2D eigenvalue weighted by Gasteiger charge is -2.18. The molecule has 1 atom stereocenters. The van der Waals surface area contributed by atoms with Crippen molar-refractivity contribution in [3.63, 3.8) is 0 Å². The standard InChI is InChI=1S/C22H22N6O2S/c1-2-21-26-19(14-31-21)27-22(30)25-18(13-29)17-9-8-15(12-23-17)16-6-5-7-20(24-16)28-10-3-4-11-28/h1,5-9,12,14,18,29H,3-4,10-11,13H2,(H2,25,27,30)/t18-/m0/s1. The summed E-state index contributed by atoms with van der Waals surface area (Å²) in [5.41, 5.74) is 2.25. The monoisotopic (exact) mass is 434 g/mol. The number of thiazole rings is 1. The molecule has 1 fully saturated rings. The van der Waals surface area contributed by atoms with E-state index in [1.807, 2.05) is 24.3 Å². The molecule has 0 spiro atoms. The fraction of sp³-hybridized carbons (Fsp3) is 0.273. The maximum Gasteiger partial charge on any atom is 0.321 e. The van der Waals surface area contributed by atoms with Gasteiger partial charge in [0.15, 0.2) is 5.01 Å². The molecule has 4 heterocycles. The number of nitrogens with one attached hydrogen (secondary N) is 2. The first-order valence-electron chi connectivity index (χ1n) is 9.95. The predicted octanol–water partition coefficient (Wildman–Crippen LogP) is 3.04. The Morgan fingerprint density at radius 3 is 2.77 bits per heavy atom. The molecule has 0 aliphatic carbocycles. The second-order valence-electron chi connectivity index (χ2n) is 7.06. The number of carbonyl (C=O) groups is 1. The molecule has 4 rings (SSSR count). The van der Waals surface area contributed by atoms with Gasteiger partial charge in [0.2, 0.25) is 0 Å². The lowest BCUT2D eigenvalue weighted by Crippen LogP contribution is -2.34. The quantitative estimate of drug-likeness (QED) is 0.515. The van der Waals surface area contributed by atoms with Gasteiger partial charge in [0.1, 0.15) is 11.6 Å². The minimum Gasteiger partial charge on any atom is -0.394 e. The van der Waals surface area contributed by atoms with Crippen LogP contribution in [0, 0.1) is 12.3 Å². The number of terminal acetylenes is 1. The van der Waals surface area contributed by atoms with Gasteiger partial charge in [0.05, 0.1) is 24.0 Å². The summed E-state index contributed by atoms with van der Waals surface area (Å²) >= 11 is 1.26. The Kier molecular flexibility index (Phi) is 6.40. The SMILES string of the molecule is C#Cc1nc(NC(=O)N[C@@H](CO)c2ccc(-c3cccc(N4CCCC4)n3)cn2)cs1. The van der Waals surface area contributed by atoms with Gasteiger partial charge in [-0.15, -0.1) is 17.8 Å². The summed E-state index contributed by atoms with van der Waals surface area (Å²) in [5, 5.41) is 17.2. The van der Waals surface area contributed by atoms with E-state index in [4.69, 9.17) is 11.4 Å². The van der Waals surface area contributed by atoms with E-state index in [9.17, 15) is 9.90 Å². The minimum absolute atomic E-state index is 0.296. The van der Waals surface area contributed by atoms with E-state index in [0.717, 1.165) is 30.2 Å². The third kappa shape index (κ3) is 4.99. The van der Waals surface area contributed by atoms with Crippen LogP contribution in [-0.2, 0) is 0 Å². The zero-order chi connectivity index (χ0) is 21.6. The average molecular weight is 435 g/mol. The Morgan fingerprint density at radius 2 is 2.10 bits per heavy atom. The normalized spacial score (nSPS) is 14.1. The van der Waals surface area contributed by atoms with Crippen LogP contribution in [0.2, 0.25) is 0 Å². The third-order valence-corrected chi connectivity index (χ3v) is 5.73. The van der Waals surface area contributed by atoms with Crippen molar-refractivity contribution in [3.05, 3.63) is 52.6 Å². The molecule has 3 aromatic heterocycles. The van der Waals surface area contributed by atoms with Gasteiger partial charge in [-0.25, -0.2) is 14.8 Å². The van der Waals surface area contributed by atoms with E-state index in [2.05, 4.69) is 31.4 Å². The molecule has 0 saturated carbocycles. The molecule has 31 heavy (non-hydrogen) atoms. The number of anilines is 2. The van der Waals surface area contributed by atoms with E-state index in [1.54, 1.807) is 17.6 Å². The molecule has 3 N–H and O–H groups in total. The molecular weight excluding hydrogens is 412 g/mol. The second kappa shape index (κ2) is 9.55. The zero-order valence-corrected chi connectivity index (χ0v) is 17.6. The van der Waals surface area contributed by atoms with Gasteiger partial charge in [0, 0.05) is 30.2 Å². The number of aromatic nitrogens is 3. The molecule has 3 aromatic rings. The Balaban J connectivity index is 1.43. The molecule has 9 heteroatoms. The van der Waals surface area contributed by atoms with E-state index in [0.29, 0.717) is 16.5 Å². The Bertz CT molecular complexity index is 1090. The molecule has 1 saturated heterocycles. The van der Waals surface area contributed by atoms with Crippen molar-refractivity contribution in [2.45, 2.75) is 18.9 Å². The highest BCUT2D eigenvalue weighted by Crippen LogP contribution is 2.23. The van der Waals surface area contributed by atoms with E-state index < -0.39 is 12.1 Å². The van der Waals surface area contributed by atoms with Gasteiger partial charge in [-0.3, -0.25) is 10.3 Å². The highest BCUT2D eigenvalue weighted by Gasteiger charge is 2.17. The van der Waals surface area contributed by atoms with E-state index >= 15 is 0 Å². The van der Waals surface area contributed by atoms with Crippen molar-refractivity contribution >= 4 is 29.0 Å². The fourth-order valence-corrected chi connectivity index (χ4v) is 3.94. The first-order chi connectivity index (χ1) is 15.2. The summed E-state index contributed by atoms with van der Waals surface area (Å²) in [4.78, 5) is 27.8. The molecule has 1 aliphatic rings. The van der Waals surface area contributed by atoms with Gasteiger partial charge < -0.3 is 15.3 Å². The predicted molar refractivity (Wildman–Crippen MR) is 121 cm³/mol. The van der Waals surface area contributed by atoms with Gasteiger partial charge in [-0.05, 0) is 43.0 Å². The van der Waals surface area contributed by atoms with Crippen LogP contribution < -0.4 is 15.5 Å². The molecule has 2 amide bonds. The summed E-state index contributed by atoms with van der Waals surface area (Å²) < 4.78 is 0. The first kappa shape index (κ1) is 20.8. The summed E-state index contributed by atoms with van der Waals surface area (Å²) in [6.07, 6.45) is 9.38. The number of rotatable bonds is 6. The Hall–Kier alpha value is -3.48. The lowest BCUT2D eigenvalue weighted by atomic mass is 10.1. The van der Waals surface area contributed by atoms with Crippen molar-refractivity contribution in [2.75, 3.05) is 29.9 Å². The molecule has 0 bridgehead atoms. The van der Waals surface area contributed by atoms with Crippen molar-refractivity contribution in [1.82, 2.24) is 20.3 Å². The number of urea groups is 1. The Morgan fingerprint density at radius 1 is 1.26 bits per heavy atom. The van der Waals surface area contributed by atoms with E-state index in [1.165, 1.54) is 24.2 Å². The van der Waals surface area contributed by atoms with Crippen molar-refractivity contribution in [3.8, 4) is 23.6 Å². The Labute approximate surface area is 184 Å². The second-order valence-corrected chi connectivity index (χ2v) is 7.92. The van der Waals surface area contributed by atoms with Crippen LogP contribution in [-0.4, -0.2) is 45.8 Å². The number of aliphatic hydroxyl groups is 1. The maximum absolute atomic E-state index is 12.2. The van der Waals surface area contributed by atoms with Crippen LogP contribution >= 0.6 is 11.3 Å². The summed E-state index contributed by atoms with van der Waals surface area (Å²) in [6.45, 7) is 1.77. The van der Waals surface area contributed by atoms with Crippen LogP contribution in [0.25, 0.3) is 11.3 Å². The zero-order valence-electron chi connectivity index (χ0n) is 16.8. The van der Waals surface area contributed by atoms with Crippen molar-refractivity contribution in [2.24, 2.45) is 0 Å². The molecule has 158 valence electrons. The van der Waals surface area contributed by atoms with Crippen LogP contribution in [0.15, 0.2) is 41.9 Å². The first-order valence-corrected chi connectivity index (χ1v) is 10.8. The summed E-state index contributed by atoms with van der Waals surface area (Å²) in [6, 6.07) is 8.47. The largest absolute Gasteiger partial charge is 0.394 e. The highest BCUT2D eigenvalue weighted by molar-refractivity contribution is 7.10.